The van der Waals surface area contributed by atoms with Gasteiger partial charge in [0, 0.05) is 18.9 Å². The number of aryl methyl sites for hydroxylation is 2. The van der Waals surface area contributed by atoms with Crippen LogP contribution in [-0.4, -0.2) is 15.5 Å². The van der Waals surface area contributed by atoms with Gasteiger partial charge in [-0.25, -0.2) is 4.98 Å². The van der Waals surface area contributed by atoms with Crippen molar-refractivity contribution in [2.45, 2.75) is 45.2 Å². The summed E-state index contributed by atoms with van der Waals surface area (Å²) >= 11 is 0. The summed E-state index contributed by atoms with van der Waals surface area (Å²) in [6.07, 6.45) is 6.73. The highest BCUT2D eigenvalue weighted by Gasteiger charge is 2.27. The number of carbonyl (C=O) groups is 1. The van der Waals surface area contributed by atoms with Crippen molar-refractivity contribution in [3.63, 3.8) is 0 Å². The fourth-order valence-corrected chi connectivity index (χ4v) is 3.07. The van der Waals surface area contributed by atoms with Gasteiger partial charge in [-0.1, -0.05) is 31.2 Å². The molecule has 0 saturated heterocycles. The first-order chi connectivity index (χ1) is 10.3. The van der Waals surface area contributed by atoms with Gasteiger partial charge in [-0.05, 0) is 30.4 Å². The first-order valence-electron chi connectivity index (χ1n) is 7.65. The molecule has 4 heteroatoms. The normalized spacial score (nSPS) is 16.7. The number of hydrogen-bond acceptors (Lipinski definition) is 2. The van der Waals surface area contributed by atoms with Crippen LogP contribution in [0.2, 0.25) is 0 Å². The van der Waals surface area contributed by atoms with Crippen LogP contribution in [0.5, 0.6) is 0 Å². The number of hydrogen-bond donors (Lipinski definition) is 1. The molecule has 1 aromatic heterocycles. The van der Waals surface area contributed by atoms with E-state index < -0.39 is 0 Å². The third-order valence-electron chi connectivity index (χ3n) is 4.14. The Kier molecular flexibility index (Phi) is 4.04. The number of amides is 1. The number of fused-ring (bicyclic) bond motifs is 1. The molecule has 1 aliphatic carbocycles. The van der Waals surface area contributed by atoms with Gasteiger partial charge >= 0.3 is 0 Å². The van der Waals surface area contributed by atoms with Crippen LogP contribution in [0.1, 0.15) is 42.6 Å². The maximum Gasteiger partial charge on any atom is 0.227 e. The predicted octanol–water partition coefficient (Wildman–Crippen LogP) is 2.64. The average molecular weight is 283 g/mol. The lowest BCUT2D eigenvalue weighted by Crippen LogP contribution is -2.29. The third kappa shape index (κ3) is 2.84. The second-order valence-corrected chi connectivity index (χ2v) is 5.54. The van der Waals surface area contributed by atoms with Gasteiger partial charge < -0.3 is 9.88 Å². The Morgan fingerprint density at radius 2 is 2.29 bits per heavy atom. The predicted molar refractivity (Wildman–Crippen MR) is 81.9 cm³/mol. The average Bonchev–Trinajstić information content (AvgIpc) is 3.12. The van der Waals surface area contributed by atoms with Crippen LogP contribution in [0, 0.1) is 0 Å². The number of nitrogens with one attached hydrogen (secondary N) is 1. The zero-order valence-corrected chi connectivity index (χ0v) is 12.4. The highest BCUT2D eigenvalue weighted by Crippen LogP contribution is 2.32. The van der Waals surface area contributed by atoms with Gasteiger partial charge in [0.25, 0.3) is 0 Å². The molecule has 0 aliphatic heterocycles. The Hall–Kier alpha value is -2.10. The summed E-state index contributed by atoms with van der Waals surface area (Å²) in [5, 5.41) is 3.04. The van der Waals surface area contributed by atoms with Crippen molar-refractivity contribution in [3.05, 3.63) is 53.6 Å². The number of aromatic nitrogens is 2. The van der Waals surface area contributed by atoms with Gasteiger partial charge in [0.05, 0.1) is 12.5 Å². The van der Waals surface area contributed by atoms with E-state index in [1.54, 1.807) is 6.20 Å². The first kappa shape index (κ1) is 13.9. The Morgan fingerprint density at radius 1 is 1.43 bits per heavy atom. The maximum atomic E-state index is 12.4. The maximum absolute atomic E-state index is 12.4. The Labute approximate surface area is 125 Å². The molecular formula is C17H21N3O. The Balaban J connectivity index is 1.64. The van der Waals surface area contributed by atoms with Crippen LogP contribution in [0.3, 0.4) is 0 Å². The molecule has 1 heterocycles. The van der Waals surface area contributed by atoms with Gasteiger partial charge in [-0.2, -0.15) is 0 Å². The number of benzene rings is 1. The van der Waals surface area contributed by atoms with Crippen molar-refractivity contribution in [1.82, 2.24) is 14.9 Å². The molecule has 4 nitrogen and oxygen atoms in total. The first-order valence-corrected chi connectivity index (χ1v) is 7.65. The summed E-state index contributed by atoms with van der Waals surface area (Å²) in [5.74, 6) is 1.04. The minimum Gasteiger partial charge on any atom is -0.348 e. The van der Waals surface area contributed by atoms with Gasteiger partial charge in [0.2, 0.25) is 5.91 Å². The van der Waals surface area contributed by atoms with Crippen LogP contribution in [0.4, 0.5) is 0 Å². The molecule has 0 bridgehead atoms. The highest BCUT2D eigenvalue weighted by atomic mass is 16.1. The van der Waals surface area contributed by atoms with E-state index >= 15 is 0 Å². The molecule has 0 spiro atoms. The van der Waals surface area contributed by atoms with Crippen molar-refractivity contribution in [3.8, 4) is 0 Å². The van der Waals surface area contributed by atoms with E-state index in [-0.39, 0.29) is 11.8 Å². The molecule has 0 fully saturated rings. The zero-order valence-electron chi connectivity index (χ0n) is 12.4. The Morgan fingerprint density at radius 3 is 3.14 bits per heavy atom. The molecule has 0 saturated carbocycles. The fourth-order valence-electron chi connectivity index (χ4n) is 3.07. The number of rotatable bonds is 5. The van der Waals surface area contributed by atoms with Gasteiger partial charge in [-0.3, -0.25) is 4.79 Å². The monoisotopic (exact) mass is 283 g/mol. The standard InChI is InChI=1S/C17H21N3O/c1-2-10-20-11-9-18-16(20)12-19-17(21)15-8-7-13-5-3-4-6-14(13)15/h3-6,9,11,15H,2,7-8,10,12H2,1H3,(H,19,21)/t15-/m0/s1. The molecular weight excluding hydrogens is 262 g/mol. The zero-order chi connectivity index (χ0) is 14.7. The second kappa shape index (κ2) is 6.12. The van der Waals surface area contributed by atoms with Crippen LogP contribution in [-0.2, 0) is 24.3 Å². The molecule has 1 aromatic carbocycles. The van der Waals surface area contributed by atoms with Crippen molar-refractivity contribution in [2.24, 2.45) is 0 Å². The minimum atomic E-state index is -0.00390. The molecule has 1 N–H and O–H groups in total. The summed E-state index contributed by atoms with van der Waals surface area (Å²) in [6, 6.07) is 8.25. The fraction of sp³-hybridized carbons (Fsp3) is 0.412. The van der Waals surface area contributed by atoms with Crippen molar-refractivity contribution < 1.29 is 4.79 Å². The molecule has 1 aliphatic rings. The Bertz CT molecular complexity index is 632. The third-order valence-corrected chi connectivity index (χ3v) is 4.14. The molecule has 1 amide bonds. The summed E-state index contributed by atoms with van der Waals surface area (Å²) in [5.41, 5.74) is 2.50. The van der Waals surface area contributed by atoms with Crippen LogP contribution >= 0.6 is 0 Å². The van der Waals surface area contributed by atoms with E-state index in [0.29, 0.717) is 6.54 Å². The lowest BCUT2D eigenvalue weighted by atomic mass is 10.0. The number of carbonyl (C=O) groups excluding carboxylic acids is 1. The molecule has 1 atom stereocenters. The smallest absolute Gasteiger partial charge is 0.227 e. The second-order valence-electron chi connectivity index (χ2n) is 5.54. The van der Waals surface area contributed by atoms with Crippen LogP contribution in [0.25, 0.3) is 0 Å². The van der Waals surface area contributed by atoms with Crippen molar-refractivity contribution in [2.75, 3.05) is 0 Å². The number of nitrogens with zero attached hydrogens (tertiary/aromatic N) is 2. The molecule has 0 radical (unpaired) electrons. The molecule has 21 heavy (non-hydrogen) atoms. The topological polar surface area (TPSA) is 46.9 Å². The van der Waals surface area contributed by atoms with Crippen LogP contribution < -0.4 is 5.32 Å². The van der Waals surface area contributed by atoms with Crippen molar-refractivity contribution >= 4 is 5.91 Å². The quantitative estimate of drug-likeness (QED) is 0.917. The number of imidazole rings is 1. The molecule has 110 valence electrons. The van der Waals surface area contributed by atoms with E-state index in [0.717, 1.165) is 31.6 Å². The van der Waals surface area contributed by atoms with Gasteiger partial charge in [-0.15, -0.1) is 0 Å². The van der Waals surface area contributed by atoms with Gasteiger partial charge in [0.1, 0.15) is 5.82 Å². The van der Waals surface area contributed by atoms with E-state index in [2.05, 4.69) is 33.9 Å². The largest absolute Gasteiger partial charge is 0.348 e. The SMILES string of the molecule is CCCn1ccnc1CNC(=O)[C@H]1CCc2ccccc21. The lowest BCUT2D eigenvalue weighted by molar-refractivity contribution is -0.122. The summed E-state index contributed by atoms with van der Waals surface area (Å²) in [7, 11) is 0. The minimum absolute atomic E-state index is 0.00390. The summed E-state index contributed by atoms with van der Waals surface area (Å²) < 4.78 is 2.10. The van der Waals surface area contributed by atoms with E-state index in [4.69, 9.17) is 0 Å². The molecule has 2 aromatic rings. The van der Waals surface area contributed by atoms with E-state index in [1.807, 2.05) is 18.3 Å². The highest BCUT2D eigenvalue weighted by molar-refractivity contribution is 5.84. The van der Waals surface area contributed by atoms with Crippen molar-refractivity contribution in [1.29, 1.82) is 0 Å². The summed E-state index contributed by atoms with van der Waals surface area (Å²) in [6.45, 7) is 3.58. The molecule has 3 rings (SSSR count). The molecule has 0 unspecified atom stereocenters. The van der Waals surface area contributed by atoms with E-state index in [1.165, 1.54) is 11.1 Å². The van der Waals surface area contributed by atoms with Gasteiger partial charge in [0.15, 0.2) is 0 Å². The van der Waals surface area contributed by atoms with Crippen LogP contribution in [0.15, 0.2) is 36.7 Å². The van der Waals surface area contributed by atoms with E-state index in [9.17, 15) is 4.79 Å². The summed E-state index contributed by atoms with van der Waals surface area (Å²) in [4.78, 5) is 16.8. The lowest BCUT2D eigenvalue weighted by Gasteiger charge is -2.13.